The maximum atomic E-state index is 12.4. The van der Waals surface area contributed by atoms with Gasteiger partial charge in [0.25, 0.3) is 5.91 Å². The number of nitrogens with one attached hydrogen (secondary N) is 1. The summed E-state index contributed by atoms with van der Waals surface area (Å²) < 4.78 is 0. The number of H-pyrrole nitrogens is 1. The molecule has 0 aliphatic heterocycles. The molecule has 2 rings (SSSR count). The standard InChI is InChI=1S/C13H15N3O2/c1-3-16(10-5-4-6-11(17)7-10)13(18)12-8-14-15-9(12)2/h4-8,17H,3H2,1-2H3,(H,14,15). The molecule has 0 aliphatic rings. The number of carbonyl (C=O) groups excluding carboxylic acids is 1. The van der Waals surface area contributed by atoms with Crippen LogP contribution in [0.4, 0.5) is 5.69 Å². The number of rotatable bonds is 3. The minimum absolute atomic E-state index is 0.130. The molecule has 94 valence electrons. The Balaban J connectivity index is 2.35. The minimum atomic E-state index is -0.130. The van der Waals surface area contributed by atoms with E-state index in [9.17, 15) is 9.90 Å². The van der Waals surface area contributed by atoms with Crippen molar-refractivity contribution in [2.24, 2.45) is 0 Å². The molecule has 0 unspecified atom stereocenters. The zero-order chi connectivity index (χ0) is 13.1. The molecule has 0 spiro atoms. The monoisotopic (exact) mass is 245 g/mol. The second kappa shape index (κ2) is 4.91. The van der Waals surface area contributed by atoms with Crippen LogP contribution in [0.15, 0.2) is 30.5 Å². The van der Waals surface area contributed by atoms with Crippen molar-refractivity contribution in [2.75, 3.05) is 11.4 Å². The van der Waals surface area contributed by atoms with Crippen LogP contribution in [0.5, 0.6) is 5.75 Å². The third kappa shape index (κ3) is 2.20. The first-order chi connectivity index (χ1) is 8.63. The summed E-state index contributed by atoms with van der Waals surface area (Å²) in [5, 5.41) is 16.1. The van der Waals surface area contributed by atoms with E-state index in [0.29, 0.717) is 17.8 Å². The van der Waals surface area contributed by atoms with Gasteiger partial charge in [-0.15, -0.1) is 0 Å². The first-order valence-electron chi connectivity index (χ1n) is 5.74. The molecule has 2 aromatic rings. The number of benzene rings is 1. The van der Waals surface area contributed by atoms with Crippen LogP contribution >= 0.6 is 0 Å². The molecule has 0 saturated carbocycles. The fourth-order valence-corrected chi connectivity index (χ4v) is 1.82. The van der Waals surface area contributed by atoms with E-state index >= 15 is 0 Å². The molecule has 5 heteroatoms. The van der Waals surface area contributed by atoms with E-state index in [1.807, 2.05) is 6.92 Å². The van der Waals surface area contributed by atoms with Crippen molar-refractivity contribution in [3.8, 4) is 5.75 Å². The lowest BCUT2D eigenvalue weighted by Crippen LogP contribution is -2.30. The maximum absolute atomic E-state index is 12.4. The molecule has 1 heterocycles. The Bertz CT molecular complexity index is 563. The van der Waals surface area contributed by atoms with Gasteiger partial charge in [0.2, 0.25) is 0 Å². The van der Waals surface area contributed by atoms with Gasteiger partial charge in [-0.3, -0.25) is 9.89 Å². The van der Waals surface area contributed by atoms with E-state index in [1.54, 1.807) is 36.1 Å². The molecule has 5 nitrogen and oxygen atoms in total. The summed E-state index contributed by atoms with van der Waals surface area (Å²) in [7, 11) is 0. The van der Waals surface area contributed by atoms with Crippen LogP contribution in [-0.4, -0.2) is 27.8 Å². The number of aromatic amines is 1. The molecular formula is C13H15N3O2. The van der Waals surface area contributed by atoms with Gasteiger partial charge in [-0.05, 0) is 26.0 Å². The number of anilines is 1. The highest BCUT2D eigenvalue weighted by atomic mass is 16.3. The summed E-state index contributed by atoms with van der Waals surface area (Å²) in [4.78, 5) is 13.9. The summed E-state index contributed by atoms with van der Waals surface area (Å²) in [6, 6.07) is 6.64. The normalized spacial score (nSPS) is 10.3. The fraction of sp³-hybridized carbons (Fsp3) is 0.231. The first kappa shape index (κ1) is 12.2. The van der Waals surface area contributed by atoms with Gasteiger partial charge in [0.05, 0.1) is 11.8 Å². The Kier molecular flexibility index (Phi) is 3.32. The zero-order valence-corrected chi connectivity index (χ0v) is 10.3. The maximum Gasteiger partial charge on any atom is 0.261 e. The Morgan fingerprint density at radius 2 is 2.28 bits per heavy atom. The molecule has 1 amide bonds. The predicted molar refractivity (Wildman–Crippen MR) is 68.8 cm³/mol. The van der Waals surface area contributed by atoms with Gasteiger partial charge < -0.3 is 10.0 Å². The third-order valence-electron chi connectivity index (χ3n) is 2.76. The summed E-state index contributed by atoms with van der Waals surface area (Å²) in [5.41, 5.74) is 1.95. The van der Waals surface area contributed by atoms with E-state index in [-0.39, 0.29) is 11.7 Å². The second-order valence-corrected chi connectivity index (χ2v) is 3.98. The van der Waals surface area contributed by atoms with Gasteiger partial charge >= 0.3 is 0 Å². The van der Waals surface area contributed by atoms with Gasteiger partial charge in [-0.25, -0.2) is 0 Å². The Hall–Kier alpha value is -2.30. The highest BCUT2D eigenvalue weighted by Gasteiger charge is 2.19. The quantitative estimate of drug-likeness (QED) is 0.870. The number of phenols is 1. The van der Waals surface area contributed by atoms with Crippen molar-refractivity contribution < 1.29 is 9.90 Å². The van der Waals surface area contributed by atoms with Crippen molar-refractivity contribution in [3.63, 3.8) is 0 Å². The molecule has 0 fully saturated rings. The smallest absolute Gasteiger partial charge is 0.261 e. The van der Waals surface area contributed by atoms with Crippen molar-refractivity contribution >= 4 is 11.6 Å². The van der Waals surface area contributed by atoms with Gasteiger partial charge in [0.1, 0.15) is 5.75 Å². The molecule has 1 aromatic carbocycles. The van der Waals surface area contributed by atoms with Gasteiger partial charge in [-0.2, -0.15) is 5.10 Å². The van der Waals surface area contributed by atoms with Gasteiger partial charge in [0.15, 0.2) is 0 Å². The number of amides is 1. The predicted octanol–water partition coefficient (Wildman–Crippen LogP) is 2.09. The lowest BCUT2D eigenvalue weighted by atomic mass is 10.2. The molecule has 1 aromatic heterocycles. The average molecular weight is 245 g/mol. The number of aromatic nitrogens is 2. The molecule has 0 bridgehead atoms. The molecular weight excluding hydrogens is 230 g/mol. The van der Waals surface area contributed by atoms with Crippen LogP contribution in [-0.2, 0) is 0 Å². The van der Waals surface area contributed by atoms with E-state index in [4.69, 9.17) is 0 Å². The van der Waals surface area contributed by atoms with Crippen LogP contribution in [0.3, 0.4) is 0 Å². The van der Waals surface area contributed by atoms with E-state index < -0.39 is 0 Å². The van der Waals surface area contributed by atoms with Crippen LogP contribution in [0.25, 0.3) is 0 Å². The van der Waals surface area contributed by atoms with Crippen molar-refractivity contribution in [1.29, 1.82) is 0 Å². The van der Waals surface area contributed by atoms with Crippen molar-refractivity contribution in [1.82, 2.24) is 10.2 Å². The molecule has 18 heavy (non-hydrogen) atoms. The summed E-state index contributed by atoms with van der Waals surface area (Å²) >= 11 is 0. The Morgan fingerprint density at radius 3 is 2.83 bits per heavy atom. The van der Waals surface area contributed by atoms with Gasteiger partial charge in [-0.1, -0.05) is 6.07 Å². The largest absolute Gasteiger partial charge is 0.508 e. The topological polar surface area (TPSA) is 69.2 Å². The Labute approximate surface area is 105 Å². The van der Waals surface area contributed by atoms with Crippen LogP contribution < -0.4 is 4.90 Å². The molecule has 0 atom stereocenters. The lowest BCUT2D eigenvalue weighted by molar-refractivity contribution is 0.0988. The fourth-order valence-electron chi connectivity index (χ4n) is 1.82. The van der Waals surface area contributed by atoms with E-state index in [0.717, 1.165) is 5.69 Å². The SMILES string of the molecule is CCN(C(=O)c1cn[nH]c1C)c1cccc(O)c1. The Morgan fingerprint density at radius 1 is 1.50 bits per heavy atom. The number of hydrogen-bond acceptors (Lipinski definition) is 3. The summed E-state index contributed by atoms with van der Waals surface area (Å²) in [6.07, 6.45) is 1.52. The average Bonchev–Trinajstić information content (AvgIpc) is 2.76. The zero-order valence-electron chi connectivity index (χ0n) is 10.3. The first-order valence-corrected chi connectivity index (χ1v) is 5.74. The number of phenolic OH excluding ortho intramolecular Hbond substituents is 1. The van der Waals surface area contributed by atoms with Crippen LogP contribution in [0, 0.1) is 6.92 Å². The van der Waals surface area contributed by atoms with Crippen LogP contribution in [0.2, 0.25) is 0 Å². The molecule has 0 aliphatic carbocycles. The third-order valence-corrected chi connectivity index (χ3v) is 2.76. The number of nitrogens with zero attached hydrogens (tertiary/aromatic N) is 2. The molecule has 0 radical (unpaired) electrons. The highest BCUT2D eigenvalue weighted by Crippen LogP contribution is 2.22. The number of carbonyl (C=O) groups is 1. The second-order valence-electron chi connectivity index (χ2n) is 3.98. The number of aromatic hydroxyl groups is 1. The molecule has 2 N–H and O–H groups in total. The molecule has 0 saturated heterocycles. The van der Waals surface area contributed by atoms with E-state index in [2.05, 4.69) is 10.2 Å². The van der Waals surface area contributed by atoms with Crippen molar-refractivity contribution in [3.05, 3.63) is 41.7 Å². The van der Waals surface area contributed by atoms with Gasteiger partial charge in [0, 0.05) is 24.0 Å². The van der Waals surface area contributed by atoms with Crippen molar-refractivity contribution in [2.45, 2.75) is 13.8 Å². The van der Waals surface area contributed by atoms with E-state index in [1.165, 1.54) is 6.20 Å². The minimum Gasteiger partial charge on any atom is -0.508 e. The highest BCUT2D eigenvalue weighted by molar-refractivity contribution is 6.06. The van der Waals surface area contributed by atoms with Crippen LogP contribution in [0.1, 0.15) is 23.0 Å². The number of aryl methyl sites for hydroxylation is 1. The summed E-state index contributed by atoms with van der Waals surface area (Å²) in [5.74, 6) is 0.0111. The number of hydrogen-bond donors (Lipinski definition) is 2. The lowest BCUT2D eigenvalue weighted by Gasteiger charge is -2.20. The summed E-state index contributed by atoms with van der Waals surface area (Å²) in [6.45, 7) is 4.21.